The van der Waals surface area contributed by atoms with Gasteiger partial charge in [0.25, 0.3) is 17.5 Å². The fraction of sp³-hybridized carbons (Fsp3) is 0.259. The van der Waals surface area contributed by atoms with Crippen molar-refractivity contribution in [2.75, 3.05) is 41.5 Å². The van der Waals surface area contributed by atoms with Crippen LogP contribution in [0, 0.1) is 10.1 Å². The first-order valence-corrected chi connectivity index (χ1v) is 12.0. The highest BCUT2D eigenvalue weighted by atomic mass is 16.6. The van der Waals surface area contributed by atoms with Gasteiger partial charge in [0.05, 0.1) is 28.5 Å². The van der Waals surface area contributed by atoms with Gasteiger partial charge >= 0.3 is 0 Å². The van der Waals surface area contributed by atoms with Gasteiger partial charge in [-0.15, -0.1) is 0 Å². The zero-order valence-corrected chi connectivity index (χ0v) is 20.5. The quantitative estimate of drug-likeness (QED) is 0.227. The minimum Gasteiger partial charge on any atom is -0.393 e. The SMILES string of the molecule is COCc1cc(C(=O)Nc2ccccc2N2CCCCC2)ccc1NC(=O)c1cccc([N+](=O)[O-])c1N. The molecule has 0 aliphatic carbocycles. The topological polar surface area (TPSA) is 140 Å². The van der Waals surface area contributed by atoms with Crippen LogP contribution in [0.3, 0.4) is 0 Å². The number of piperidine rings is 1. The minimum absolute atomic E-state index is 0.0197. The molecule has 10 heteroatoms. The van der Waals surface area contributed by atoms with E-state index in [2.05, 4.69) is 15.5 Å². The highest BCUT2D eigenvalue weighted by Gasteiger charge is 2.21. The zero-order valence-electron chi connectivity index (χ0n) is 20.5. The molecule has 1 aliphatic rings. The molecule has 2 amide bonds. The molecular formula is C27H29N5O5. The minimum atomic E-state index is -0.640. The van der Waals surface area contributed by atoms with E-state index in [0.29, 0.717) is 16.8 Å². The summed E-state index contributed by atoms with van der Waals surface area (Å²) in [5, 5.41) is 16.9. The van der Waals surface area contributed by atoms with Crippen LogP contribution < -0.4 is 21.3 Å². The molecule has 1 saturated heterocycles. The number of anilines is 4. The lowest BCUT2D eigenvalue weighted by Crippen LogP contribution is -2.30. The van der Waals surface area contributed by atoms with E-state index in [4.69, 9.17) is 10.5 Å². The number of rotatable bonds is 8. The number of amides is 2. The number of benzene rings is 3. The Morgan fingerprint density at radius 2 is 1.70 bits per heavy atom. The average molecular weight is 504 g/mol. The summed E-state index contributed by atoms with van der Waals surface area (Å²) in [6.07, 6.45) is 3.46. The number of carbonyl (C=O) groups is 2. The molecule has 4 N–H and O–H groups in total. The normalized spacial score (nSPS) is 13.2. The average Bonchev–Trinajstić information content (AvgIpc) is 2.90. The number of nitrogens with one attached hydrogen (secondary N) is 2. The monoisotopic (exact) mass is 503 g/mol. The van der Waals surface area contributed by atoms with Gasteiger partial charge in [0.1, 0.15) is 5.69 Å². The summed E-state index contributed by atoms with van der Waals surface area (Å²) in [7, 11) is 1.51. The lowest BCUT2D eigenvalue weighted by Gasteiger charge is -2.30. The molecule has 0 saturated carbocycles. The van der Waals surface area contributed by atoms with Crippen LogP contribution in [-0.2, 0) is 11.3 Å². The third-order valence-electron chi connectivity index (χ3n) is 6.29. The van der Waals surface area contributed by atoms with Gasteiger partial charge in [-0.3, -0.25) is 19.7 Å². The largest absolute Gasteiger partial charge is 0.393 e. The van der Waals surface area contributed by atoms with E-state index in [-0.39, 0.29) is 29.5 Å². The van der Waals surface area contributed by atoms with Crippen LogP contribution in [0.25, 0.3) is 0 Å². The van der Waals surface area contributed by atoms with Gasteiger partial charge in [-0.05, 0) is 55.7 Å². The van der Waals surface area contributed by atoms with E-state index in [1.165, 1.54) is 31.7 Å². The molecule has 0 unspecified atom stereocenters. The molecule has 0 bridgehead atoms. The first kappa shape index (κ1) is 25.6. The van der Waals surface area contributed by atoms with Crippen molar-refractivity contribution in [3.63, 3.8) is 0 Å². The van der Waals surface area contributed by atoms with Crippen molar-refractivity contribution >= 4 is 40.3 Å². The number of nitrogen functional groups attached to an aromatic ring is 1. The van der Waals surface area contributed by atoms with Crippen molar-refractivity contribution < 1.29 is 19.2 Å². The van der Waals surface area contributed by atoms with Crippen molar-refractivity contribution in [2.45, 2.75) is 25.9 Å². The first-order chi connectivity index (χ1) is 17.9. The Kier molecular flexibility index (Phi) is 7.99. The maximum Gasteiger partial charge on any atom is 0.292 e. The van der Waals surface area contributed by atoms with Crippen molar-refractivity contribution in [1.82, 2.24) is 0 Å². The lowest BCUT2D eigenvalue weighted by molar-refractivity contribution is -0.383. The summed E-state index contributed by atoms with van der Waals surface area (Å²) in [5.74, 6) is -0.895. The van der Waals surface area contributed by atoms with Crippen LogP contribution in [0.15, 0.2) is 60.7 Å². The van der Waals surface area contributed by atoms with Crippen LogP contribution in [0.5, 0.6) is 0 Å². The summed E-state index contributed by atoms with van der Waals surface area (Å²) >= 11 is 0. The number of carbonyl (C=O) groups excluding carboxylic acids is 2. The smallest absolute Gasteiger partial charge is 0.292 e. The molecule has 3 aromatic rings. The van der Waals surface area contributed by atoms with Crippen LogP contribution >= 0.6 is 0 Å². The van der Waals surface area contributed by atoms with Crippen molar-refractivity contribution in [3.8, 4) is 0 Å². The predicted molar refractivity (Wildman–Crippen MR) is 143 cm³/mol. The van der Waals surface area contributed by atoms with Crippen molar-refractivity contribution in [3.05, 3.63) is 87.5 Å². The molecule has 4 rings (SSSR count). The van der Waals surface area contributed by atoms with Gasteiger partial charge in [0, 0.05) is 43.1 Å². The van der Waals surface area contributed by atoms with Crippen LogP contribution in [0.1, 0.15) is 45.5 Å². The second-order valence-electron chi connectivity index (χ2n) is 8.77. The van der Waals surface area contributed by atoms with Crippen molar-refractivity contribution in [2.24, 2.45) is 0 Å². The second kappa shape index (κ2) is 11.5. The standard InChI is InChI=1S/C27H29N5O5/c1-37-17-19-16-18(26(33)30-22-9-3-4-10-23(22)31-14-5-2-6-15-31)12-13-21(19)29-27(34)20-8-7-11-24(25(20)28)32(35)36/h3-4,7-13,16H,2,5-6,14-15,17,28H2,1H3,(H,29,34)(H,30,33). The number of nitro benzene ring substituents is 1. The van der Waals surface area contributed by atoms with Crippen LogP contribution in [0.2, 0.25) is 0 Å². The number of hydrogen-bond donors (Lipinski definition) is 3. The Labute approximate surface area is 214 Å². The Morgan fingerprint density at radius 3 is 2.43 bits per heavy atom. The summed E-state index contributed by atoms with van der Waals surface area (Å²) in [4.78, 5) is 38.9. The molecule has 1 aliphatic heterocycles. The Balaban J connectivity index is 1.55. The molecule has 1 heterocycles. The van der Waals surface area contributed by atoms with Crippen LogP contribution in [0.4, 0.5) is 28.4 Å². The zero-order chi connectivity index (χ0) is 26.4. The number of nitro groups is 1. The number of para-hydroxylation sites is 3. The van der Waals surface area contributed by atoms with Gasteiger partial charge in [-0.2, -0.15) is 0 Å². The van der Waals surface area contributed by atoms with E-state index in [9.17, 15) is 19.7 Å². The number of methoxy groups -OCH3 is 1. The highest BCUT2D eigenvalue weighted by Crippen LogP contribution is 2.30. The molecule has 10 nitrogen and oxygen atoms in total. The second-order valence-corrected chi connectivity index (χ2v) is 8.77. The molecule has 0 atom stereocenters. The van der Waals surface area contributed by atoms with E-state index < -0.39 is 10.8 Å². The number of nitrogens with zero attached hydrogens (tertiary/aromatic N) is 2. The summed E-state index contributed by atoms with van der Waals surface area (Å²) in [5.41, 5.74) is 8.37. The third kappa shape index (κ3) is 5.87. The Morgan fingerprint density at radius 1 is 0.973 bits per heavy atom. The van der Waals surface area contributed by atoms with Gasteiger partial charge in [-0.25, -0.2) is 0 Å². The fourth-order valence-corrected chi connectivity index (χ4v) is 4.42. The first-order valence-electron chi connectivity index (χ1n) is 12.0. The fourth-order valence-electron chi connectivity index (χ4n) is 4.42. The molecule has 0 radical (unpaired) electrons. The van der Waals surface area contributed by atoms with E-state index in [1.54, 1.807) is 18.2 Å². The van der Waals surface area contributed by atoms with Gasteiger partial charge in [0.15, 0.2) is 0 Å². The van der Waals surface area contributed by atoms with Crippen molar-refractivity contribution in [1.29, 1.82) is 0 Å². The molecule has 0 spiro atoms. The third-order valence-corrected chi connectivity index (χ3v) is 6.29. The maximum atomic E-state index is 13.2. The summed E-state index contributed by atoms with van der Waals surface area (Å²) in [6.45, 7) is 2.04. The van der Waals surface area contributed by atoms with Gasteiger partial charge in [0.2, 0.25) is 0 Å². The number of hydrogen-bond acceptors (Lipinski definition) is 7. The van der Waals surface area contributed by atoms with E-state index in [0.717, 1.165) is 37.3 Å². The summed E-state index contributed by atoms with van der Waals surface area (Å²) in [6, 6.07) is 16.6. The summed E-state index contributed by atoms with van der Waals surface area (Å²) < 4.78 is 5.28. The molecule has 3 aromatic carbocycles. The molecule has 192 valence electrons. The molecule has 37 heavy (non-hydrogen) atoms. The lowest BCUT2D eigenvalue weighted by atomic mass is 10.1. The molecular weight excluding hydrogens is 474 g/mol. The van der Waals surface area contributed by atoms with Gasteiger partial charge in [-0.1, -0.05) is 18.2 Å². The molecule has 1 fully saturated rings. The number of ether oxygens (including phenoxy) is 1. The van der Waals surface area contributed by atoms with Gasteiger partial charge < -0.3 is 26.0 Å². The predicted octanol–water partition coefficient (Wildman–Crippen LogP) is 4.82. The number of nitrogens with two attached hydrogens (primary N) is 1. The molecule has 0 aromatic heterocycles. The van der Waals surface area contributed by atoms with E-state index >= 15 is 0 Å². The Hall–Kier alpha value is -4.44. The highest BCUT2D eigenvalue weighted by molar-refractivity contribution is 6.10. The maximum absolute atomic E-state index is 13.2. The Bertz CT molecular complexity index is 1320. The van der Waals surface area contributed by atoms with E-state index in [1.807, 2.05) is 24.3 Å². The van der Waals surface area contributed by atoms with Crippen LogP contribution in [-0.4, -0.2) is 36.9 Å².